The van der Waals surface area contributed by atoms with Gasteiger partial charge in [-0.05, 0) is 12.8 Å². The molecular formula is C12H19N3S. The number of rotatable bonds is 3. The lowest BCUT2D eigenvalue weighted by atomic mass is 10.3. The molecule has 0 amide bonds. The number of hydrogen-bond acceptors (Lipinski definition) is 4. The first-order valence-electron chi connectivity index (χ1n) is 5.71. The van der Waals surface area contributed by atoms with E-state index < -0.39 is 0 Å². The smallest absolute Gasteiger partial charge is 0.140 e. The highest BCUT2D eigenvalue weighted by atomic mass is 32.2. The van der Waals surface area contributed by atoms with E-state index in [4.69, 9.17) is 5.73 Å². The molecule has 1 aromatic rings. The monoisotopic (exact) mass is 237 g/mol. The highest BCUT2D eigenvalue weighted by Gasteiger charge is 2.26. The fourth-order valence-corrected chi connectivity index (χ4v) is 2.16. The minimum atomic E-state index is 0.244. The lowest BCUT2D eigenvalue weighted by Crippen LogP contribution is -2.09. The van der Waals surface area contributed by atoms with Gasteiger partial charge in [-0.25, -0.2) is 9.97 Å². The van der Waals surface area contributed by atoms with Crippen LogP contribution in [0.1, 0.15) is 51.0 Å². The van der Waals surface area contributed by atoms with Crippen molar-refractivity contribution >= 4 is 17.6 Å². The lowest BCUT2D eigenvalue weighted by molar-refractivity contribution is 0.799. The van der Waals surface area contributed by atoms with Gasteiger partial charge in [0.05, 0.1) is 5.75 Å². The maximum absolute atomic E-state index is 5.80. The first kappa shape index (κ1) is 11.7. The summed E-state index contributed by atoms with van der Waals surface area (Å²) in [6, 6.07) is 1.92. The summed E-state index contributed by atoms with van der Waals surface area (Å²) in [6.07, 6.45) is 2.50. The Hall–Kier alpha value is -0.770. The van der Waals surface area contributed by atoms with Crippen LogP contribution in [0.3, 0.4) is 0 Å². The van der Waals surface area contributed by atoms with E-state index in [1.165, 1.54) is 12.8 Å². The van der Waals surface area contributed by atoms with E-state index in [2.05, 4.69) is 30.7 Å². The molecule has 1 aliphatic carbocycles. The van der Waals surface area contributed by atoms with Crippen molar-refractivity contribution in [1.29, 1.82) is 0 Å². The summed E-state index contributed by atoms with van der Waals surface area (Å²) in [5.74, 6) is 2.97. The van der Waals surface area contributed by atoms with Gasteiger partial charge in [-0.2, -0.15) is 0 Å². The molecule has 3 nitrogen and oxygen atoms in total. The molecule has 4 heteroatoms. The van der Waals surface area contributed by atoms with E-state index in [0.717, 1.165) is 17.3 Å². The number of nitrogens with two attached hydrogens (primary N) is 1. The Morgan fingerprint density at radius 2 is 2.06 bits per heavy atom. The van der Waals surface area contributed by atoms with Crippen molar-refractivity contribution < 1.29 is 0 Å². The average molecular weight is 237 g/mol. The maximum Gasteiger partial charge on any atom is 0.140 e. The van der Waals surface area contributed by atoms with Crippen LogP contribution in [0.15, 0.2) is 6.07 Å². The third-order valence-electron chi connectivity index (χ3n) is 2.44. The molecule has 0 atom stereocenters. The van der Waals surface area contributed by atoms with Gasteiger partial charge in [0.2, 0.25) is 0 Å². The Morgan fingerprint density at radius 1 is 1.38 bits per heavy atom. The molecule has 0 aliphatic heterocycles. The van der Waals surface area contributed by atoms with Gasteiger partial charge >= 0.3 is 0 Å². The fourth-order valence-electron chi connectivity index (χ4n) is 1.47. The molecule has 0 spiro atoms. The Bertz CT molecular complexity index is 380. The molecule has 88 valence electrons. The molecule has 2 N–H and O–H groups in total. The van der Waals surface area contributed by atoms with Gasteiger partial charge in [0, 0.05) is 22.4 Å². The summed E-state index contributed by atoms with van der Waals surface area (Å²) in [4.78, 5) is 8.88. The second kappa shape index (κ2) is 4.24. The third-order valence-corrected chi connectivity index (χ3v) is 3.71. The SMILES string of the molecule is CC(C)(C)SCc1nc(N)cc(C2CC2)n1. The Balaban J connectivity index is 2.08. The van der Waals surface area contributed by atoms with Crippen molar-refractivity contribution in [3.05, 3.63) is 17.6 Å². The molecule has 1 aromatic heterocycles. The molecule has 1 aliphatic rings. The van der Waals surface area contributed by atoms with Gasteiger partial charge in [-0.3, -0.25) is 0 Å². The summed E-state index contributed by atoms with van der Waals surface area (Å²) in [6.45, 7) is 6.60. The number of nitrogen functional groups attached to an aromatic ring is 1. The van der Waals surface area contributed by atoms with Gasteiger partial charge in [-0.1, -0.05) is 20.8 Å². The highest BCUT2D eigenvalue weighted by molar-refractivity contribution is 7.99. The molecule has 1 fully saturated rings. The Kier molecular flexibility index (Phi) is 3.10. The molecule has 0 unspecified atom stereocenters. The van der Waals surface area contributed by atoms with Crippen LogP contribution in [0.4, 0.5) is 5.82 Å². The number of thioether (sulfide) groups is 1. The van der Waals surface area contributed by atoms with E-state index in [1.807, 2.05) is 17.8 Å². The van der Waals surface area contributed by atoms with E-state index in [0.29, 0.717) is 11.7 Å². The summed E-state index contributed by atoms with van der Waals surface area (Å²) >= 11 is 1.86. The quantitative estimate of drug-likeness (QED) is 0.878. The number of nitrogens with zero attached hydrogens (tertiary/aromatic N) is 2. The first-order chi connectivity index (χ1) is 7.44. The predicted molar refractivity (Wildman–Crippen MR) is 69.5 cm³/mol. The minimum absolute atomic E-state index is 0.244. The van der Waals surface area contributed by atoms with Crippen LogP contribution in [-0.4, -0.2) is 14.7 Å². The van der Waals surface area contributed by atoms with Crippen LogP contribution in [0.5, 0.6) is 0 Å². The summed E-state index contributed by atoms with van der Waals surface area (Å²) in [5, 5.41) is 0. The number of anilines is 1. The van der Waals surface area contributed by atoms with Gasteiger partial charge in [-0.15, -0.1) is 11.8 Å². The van der Waals surface area contributed by atoms with Gasteiger partial charge in [0.1, 0.15) is 11.6 Å². The van der Waals surface area contributed by atoms with Crippen LogP contribution in [-0.2, 0) is 5.75 Å². The zero-order chi connectivity index (χ0) is 11.8. The zero-order valence-corrected chi connectivity index (χ0v) is 11.0. The summed E-state index contributed by atoms with van der Waals surface area (Å²) in [7, 11) is 0. The van der Waals surface area contributed by atoms with Gasteiger partial charge in [0.15, 0.2) is 0 Å². The average Bonchev–Trinajstić information content (AvgIpc) is 2.95. The van der Waals surface area contributed by atoms with Crippen LogP contribution in [0.25, 0.3) is 0 Å². The molecule has 1 heterocycles. The van der Waals surface area contributed by atoms with Crippen molar-refractivity contribution in [2.24, 2.45) is 0 Å². The number of aromatic nitrogens is 2. The Labute approximate surface area is 101 Å². The third kappa shape index (κ3) is 3.37. The van der Waals surface area contributed by atoms with Crippen molar-refractivity contribution in [1.82, 2.24) is 9.97 Å². The second-order valence-corrected chi connectivity index (χ2v) is 7.11. The van der Waals surface area contributed by atoms with Crippen LogP contribution in [0, 0.1) is 0 Å². The largest absolute Gasteiger partial charge is 0.384 e. The van der Waals surface area contributed by atoms with Crippen molar-refractivity contribution in [2.75, 3.05) is 5.73 Å². The topological polar surface area (TPSA) is 51.8 Å². The zero-order valence-electron chi connectivity index (χ0n) is 10.2. The molecule has 0 bridgehead atoms. The molecule has 2 rings (SSSR count). The molecule has 16 heavy (non-hydrogen) atoms. The highest BCUT2D eigenvalue weighted by Crippen LogP contribution is 2.39. The van der Waals surface area contributed by atoms with E-state index in [-0.39, 0.29) is 4.75 Å². The molecule has 0 radical (unpaired) electrons. The number of hydrogen-bond donors (Lipinski definition) is 1. The van der Waals surface area contributed by atoms with E-state index >= 15 is 0 Å². The van der Waals surface area contributed by atoms with Gasteiger partial charge in [0.25, 0.3) is 0 Å². The standard InChI is InChI=1S/C12H19N3S/c1-12(2,3)16-7-11-14-9(8-4-5-8)6-10(13)15-11/h6,8H,4-5,7H2,1-3H3,(H2,13,14,15). The van der Waals surface area contributed by atoms with Crippen molar-refractivity contribution in [3.63, 3.8) is 0 Å². The molecule has 0 aromatic carbocycles. The normalized spacial score (nSPS) is 16.4. The van der Waals surface area contributed by atoms with Crippen LogP contribution >= 0.6 is 11.8 Å². The minimum Gasteiger partial charge on any atom is -0.384 e. The Morgan fingerprint density at radius 3 is 2.62 bits per heavy atom. The summed E-state index contributed by atoms with van der Waals surface area (Å²) < 4.78 is 0.244. The fraction of sp³-hybridized carbons (Fsp3) is 0.667. The maximum atomic E-state index is 5.80. The van der Waals surface area contributed by atoms with Crippen LogP contribution < -0.4 is 5.73 Å². The lowest BCUT2D eigenvalue weighted by Gasteiger charge is -2.17. The van der Waals surface area contributed by atoms with E-state index in [9.17, 15) is 0 Å². The molecular weight excluding hydrogens is 218 g/mol. The predicted octanol–water partition coefficient (Wildman–Crippen LogP) is 2.97. The summed E-state index contributed by atoms with van der Waals surface area (Å²) in [5.41, 5.74) is 6.94. The first-order valence-corrected chi connectivity index (χ1v) is 6.70. The van der Waals surface area contributed by atoms with Crippen molar-refractivity contribution in [3.8, 4) is 0 Å². The van der Waals surface area contributed by atoms with Crippen LogP contribution in [0.2, 0.25) is 0 Å². The van der Waals surface area contributed by atoms with E-state index in [1.54, 1.807) is 0 Å². The van der Waals surface area contributed by atoms with Gasteiger partial charge < -0.3 is 5.73 Å². The van der Waals surface area contributed by atoms with Crippen molar-refractivity contribution in [2.45, 2.75) is 50.0 Å². The molecule has 1 saturated carbocycles. The second-order valence-electron chi connectivity index (χ2n) is 5.31. The molecule has 0 saturated heterocycles.